The van der Waals surface area contributed by atoms with Crippen molar-refractivity contribution in [1.82, 2.24) is 19.2 Å². The first-order valence-corrected chi connectivity index (χ1v) is 14.5. The Bertz CT molecular complexity index is 1660. The molecule has 1 saturated carbocycles. The first-order chi connectivity index (χ1) is 20.0. The Morgan fingerprint density at radius 1 is 1.20 bits per heavy atom. The van der Waals surface area contributed by atoms with E-state index < -0.39 is 5.82 Å². The van der Waals surface area contributed by atoms with Crippen LogP contribution in [0.1, 0.15) is 74.4 Å². The fourth-order valence-corrected chi connectivity index (χ4v) is 6.12. The molecule has 41 heavy (non-hydrogen) atoms. The van der Waals surface area contributed by atoms with Gasteiger partial charge in [-0.25, -0.2) is 8.91 Å². The highest BCUT2D eigenvalue weighted by Gasteiger charge is 2.34. The van der Waals surface area contributed by atoms with Crippen molar-refractivity contribution in [1.29, 1.82) is 5.26 Å². The summed E-state index contributed by atoms with van der Waals surface area (Å²) >= 11 is 0. The van der Waals surface area contributed by atoms with Crippen molar-refractivity contribution >= 4 is 5.78 Å². The molecule has 2 unspecified atom stereocenters. The zero-order valence-electron chi connectivity index (χ0n) is 23.4. The second-order valence-corrected chi connectivity index (χ2v) is 11.1. The molecule has 2 atom stereocenters. The Balaban J connectivity index is 1.33. The van der Waals surface area contributed by atoms with Crippen molar-refractivity contribution in [3.8, 4) is 17.2 Å². The van der Waals surface area contributed by atoms with E-state index in [0.717, 1.165) is 44.4 Å². The largest absolute Gasteiger partial charge is 0.372 e. The Morgan fingerprint density at radius 3 is 2.68 bits per heavy atom. The van der Waals surface area contributed by atoms with Gasteiger partial charge in [-0.15, -0.1) is 0 Å². The third-order valence-electron chi connectivity index (χ3n) is 8.39. The van der Waals surface area contributed by atoms with Crippen molar-refractivity contribution in [2.24, 2.45) is 0 Å². The lowest BCUT2D eigenvalue weighted by atomic mass is 9.92. The van der Waals surface area contributed by atoms with E-state index in [1.807, 2.05) is 18.2 Å². The quantitative estimate of drug-likeness (QED) is 0.257. The molecular weight excluding hydrogens is 521 g/mol. The number of fused-ring (bicyclic) bond motifs is 1. The number of hydrogen-bond acceptors (Lipinski definition) is 6. The number of nitriles is 1. The number of nitrogens with zero attached hydrogens (tertiary/aromatic N) is 5. The summed E-state index contributed by atoms with van der Waals surface area (Å²) in [6.45, 7) is 4.87. The molecule has 1 aliphatic heterocycles. The zero-order valence-corrected chi connectivity index (χ0v) is 23.4. The van der Waals surface area contributed by atoms with Gasteiger partial charge in [0, 0.05) is 18.0 Å². The van der Waals surface area contributed by atoms with Crippen LogP contribution in [-0.4, -0.2) is 44.1 Å². The fraction of sp³-hybridized carbons (Fsp3) is 0.438. The van der Waals surface area contributed by atoms with Gasteiger partial charge in [-0.05, 0) is 67.9 Å². The number of halogens is 1. The molecule has 1 saturated heterocycles. The normalized spacial score (nSPS) is 21.1. The van der Waals surface area contributed by atoms with Gasteiger partial charge in [0.25, 0.3) is 5.56 Å². The maximum Gasteiger partial charge on any atom is 0.259 e. The lowest BCUT2D eigenvalue weighted by molar-refractivity contribution is -0.0377. The zero-order chi connectivity index (χ0) is 28.5. The van der Waals surface area contributed by atoms with Crippen LogP contribution in [0.25, 0.3) is 16.9 Å². The molecule has 0 radical (unpaired) electrons. The first-order valence-electron chi connectivity index (χ1n) is 14.5. The molecular formula is C32H34FN5O3. The Morgan fingerprint density at radius 2 is 1.98 bits per heavy atom. The maximum atomic E-state index is 15.6. The van der Waals surface area contributed by atoms with Crippen molar-refractivity contribution < 1.29 is 13.9 Å². The van der Waals surface area contributed by atoms with Crippen molar-refractivity contribution in [2.75, 3.05) is 6.61 Å². The standard InChI is InChI=1S/C32H34FN5O3/c1-3-6-29-27(15-22-10-9-21(16-28(22)33)26-8-5-4-7-23(26)17-34)31(39)37(32-35-19-36-38(29)32)24-11-13-25(14-12-24)41-20(2)30-18-40-30/h4-5,7-10,16,19-20,24-25,30H,3,6,11-15,18H2,1-2H3/t20?,24-,25-,30?. The summed E-state index contributed by atoms with van der Waals surface area (Å²) < 4.78 is 30.7. The van der Waals surface area contributed by atoms with E-state index in [0.29, 0.717) is 40.0 Å². The number of hydrogen-bond donors (Lipinski definition) is 0. The Hall–Kier alpha value is -3.87. The van der Waals surface area contributed by atoms with Crippen molar-refractivity contribution in [3.63, 3.8) is 0 Å². The van der Waals surface area contributed by atoms with E-state index in [-0.39, 0.29) is 36.3 Å². The van der Waals surface area contributed by atoms with E-state index in [1.165, 1.54) is 12.4 Å². The summed E-state index contributed by atoms with van der Waals surface area (Å²) in [6.07, 6.45) is 6.78. The third-order valence-corrected chi connectivity index (χ3v) is 8.39. The van der Waals surface area contributed by atoms with E-state index in [2.05, 4.69) is 30.0 Å². The minimum Gasteiger partial charge on any atom is -0.372 e. The highest BCUT2D eigenvalue weighted by molar-refractivity contribution is 5.70. The van der Waals surface area contributed by atoms with Crippen LogP contribution < -0.4 is 5.56 Å². The maximum absolute atomic E-state index is 15.6. The molecule has 2 fully saturated rings. The van der Waals surface area contributed by atoms with Crippen LogP contribution in [0.4, 0.5) is 4.39 Å². The molecule has 0 bridgehead atoms. The van der Waals surface area contributed by atoms with E-state index >= 15 is 4.39 Å². The van der Waals surface area contributed by atoms with Gasteiger partial charge in [0.2, 0.25) is 5.78 Å². The number of epoxide rings is 1. The van der Waals surface area contributed by atoms with Gasteiger partial charge >= 0.3 is 0 Å². The van der Waals surface area contributed by atoms with E-state index in [9.17, 15) is 10.1 Å². The SMILES string of the molecule is CCCc1c(Cc2ccc(-c3ccccc3C#N)cc2F)c(=O)n([C@H]2CC[C@H](OC(C)C3CO3)CC2)c2ncnn12. The Labute approximate surface area is 238 Å². The molecule has 8 nitrogen and oxygen atoms in total. The van der Waals surface area contributed by atoms with Crippen molar-refractivity contribution in [3.05, 3.63) is 87.3 Å². The molecule has 4 aromatic rings. The van der Waals surface area contributed by atoms with Gasteiger partial charge in [-0.3, -0.25) is 9.36 Å². The van der Waals surface area contributed by atoms with Gasteiger partial charge in [0.05, 0.1) is 36.1 Å². The molecule has 6 rings (SSSR count). The van der Waals surface area contributed by atoms with E-state index in [1.54, 1.807) is 27.3 Å². The molecule has 0 spiro atoms. The highest BCUT2D eigenvalue weighted by Crippen LogP contribution is 2.33. The van der Waals surface area contributed by atoms with Gasteiger partial charge in [-0.2, -0.15) is 15.3 Å². The predicted octanol–water partition coefficient (Wildman–Crippen LogP) is 5.40. The van der Waals surface area contributed by atoms with Crippen LogP contribution >= 0.6 is 0 Å². The molecule has 2 aliphatic rings. The lowest BCUT2D eigenvalue weighted by Crippen LogP contribution is -2.36. The summed E-state index contributed by atoms with van der Waals surface area (Å²) in [5.74, 6) is 0.129. The number of aryl methyl sites for hydroxylation is 1. The number of rotatable bonds is 9. The first kappa shape index (κ1) is 27.3. The van der Waals surface area contributed by atoms with Crippen LogP contribution in [0, 0.1) is 17.1 Å². The summed E-state index contributed by atoms with van der Waals surface area (Å²) in [7, 11) is 0. The third kappa shape index (κ3) is 5.42. The Kier molecular flexibility index (Phi) is 7.69. The van der Waals surface area contributed by atoms with Gasteiger partial charge in [0.1, 0.15) is 18.2 Å². The van der Waals surface area contributed by atoms with Crippen molar-refractivity contribution in [2.45, 2.75) is 83.1 Å². The molecule has 2 aromatic carbocycles. The molecule has 3 heterocycles. The topological polar surface area (TPSA) is 97.7 Å². The minimum absolute atomic E-state index is 0.0364. The monoisotopic (exact) mass is 555 g/mol. The number of ether oxygens (including phenoxy) is 2. The molecule has 212 valence electrons. The van der Waals surface area contributed by atoms with Gasteiger partial charge < -0.3 is 9.47 Å². The van der Waals surface area contributed by atoms with Crippen LogP contribution in [0.3, 0.4) is 0 Å². The highest BCUT2D eigenvalue weighted by atomic mass is 19.1. The van der Waals surface area contributed by atoms with Crippen LogP contribution in [-0.2, 0) is 22.3 Å². The molecule has 1 aliphatic carbocycles. The van der Waals surface area contributed by atoms with Crippen LogP contribution in [0.5, 0.6) is 0 Å². The number of aromatic nitrogens is 4. The molecule has 0 N–H and O–H groups in total. The predicted molar refractivity (Wildman–Crippen MR) is 152 cm³/mol. The van der Waals surface area contributed by atoms with Crippen LogP contribution in [0.15, 0.2) is 53.6 Å². The smallest absolute Gasteiger partial charge is 0.259 e. The second-order valence-electron chi connectivity index (χ2n) is 11.1. The summed E-state index contributed by atoms with van der Waals surface area (Å²) in [5, 5.41) is 14.0. The lowest BCUT2D eigenvalue weighted by Gasteiger charge is -2.31. The minimum atomic E-state index is -0.409. The average molecular weight is 556 g/mol. The van der Waals surface area contributed by atoms with Crippen LogP contribution in [0.2, 0.25) is 0 Å². The second kappa shape index (κ2) is 11.6. The molecule has 9 heteroatoms. The van der Waals surface area contributed by atoms with Gasteiger partial charge in [-0.1, -0.05) is 43.7 Å². The summed E-state index contributed by atoms with van der Waals surface area (Å²) in [6, 6.07) is 14.3. The molecule has 2 aromatic heterocycles. The average Bonchev–Trinajstić information content (AvgIpc) is 3.74. The fourth-order valence-electron chi connectivity index (χ4n) is 6.12. The molecule has 0 amide bonds. The summed E-state index contributed by atoms with van der Waals surface area (Å²) in [5.41, 5.74) is 3.41. The van der Waals surface area contributed by atoms with E-state index in [4.69, 9.17) is 9.47 Å². The number of benzene rings is 2. The van der Waals surface area contributed by atoms with Gasteiger partial charge in [0.15, 0.2) is 0 Å². The summed E-state index contributed by atoms with van der Waals surface area (Å²) in [4.78, 5) is 18.7.